The molecule has 0 saturated heterocycles. The van der Waals surface area contributed by atoms with Gasteiger partial charge in [-0.1, -0.05) is 59.8 Å². The zero-order valence-corrected chi connectivity index (χ0v) is 8.88. The van der Waals surface area contributed by atoms with Crippen molar-refractivity contribution in [3.8, 4) is 0 Å². The Morgan fingerprint density at radius 1 is 0.875 bits per heavy atom. The van der Waals surface area contributed by atoms with E-state index < -0.39 is 0 Å². The first-order valence-electron chi connectivity index (χ1n) is 5.19. The maximum atomic E-state index is 8.39. The van der Waals surface area contributed by atoms with Crippen LogP contribution in [-0.2, 0) is 6.42 Å². The Bertz CT molecular complexity index is 460. The first-order chi connectivity index (χ1) is 7.88. The van der Waals surface area contributed by atoms with E-state index in [1.54, 1.807) is 0 Å². The zero-order chi connectivity index (χ0) is 11.2. The van der Waals surface area contributed by atoms with Crippen molar-refractivity contribution >= 4 is 6.21 Å². The first kappa shape index (κ1) is 10.4. The number of oxime groups is 1. The topological polar surface area (TPSA) is 32.6 Å². The number of rotatable bonds is 3. The van der Waals surface area contributed by atoms with Crippen molar-refractivity contribution in [3.63, 3.8) is 0 Å². The summed E-state index contributed by atoms with van der Waals surface area (Å²) >= 11 is 0. The monoisotopic (exact) mass is 211 g/mol. The molecule has 0 aliphatic carbocycles. The number of benzene rings is 2. The average Bonchev–Trinajstić information content (AvgIpc) is 2.33. The minimum absolute atomic E-state index is 0.902. The van der Waals surface area contributed by atoms with E-state index in [9.17, 15) is 0 Å². The molecule has 0 fully saturated rings. The lowest BCUT2D eigenvalue weighted by atomic mass is 10.0. The van der Waals surface area contributed by atoms with Gasteiger partial charge in [0.05, 0.1) is 6.21 Å². The molecule has 0 atom stereocenters. The maximum Gasteiger partial charge on any atom is 0.0733 e. The second kappa shape index (κ2) is 5.12. The van der Waals surface area contributed by atoms with Crippen molar-refractivity contribution in [2.45, 2.75) is 6.42 Å². The SMILES string of the molecule is ON=Cc1ccc(Cc2ccccc2)cc1. The molecular weight excluding hydrogens is 198 g/mol. The van der Waals surface area contributed by atoms with Crippen LogP contribution in [0.4, 0.5) is 0 Å². The molecule has 80 valence electrons. The van der Waals surface area contributed by atoms with Gasteiger partial charge in [0.2, 0.25) is 0 Å². The standard InChI is InChI=1S/C14H13NO/c16-15-11-14-8-6-13(7-9-14)10-12-4-2-1-3-5-12/h1-9,11,16H,10H2. The summed E-state index contributed by atoms with van der Waals surface area (Å²) in [5.74, 6) is 0. The number of hydrogen-bond donors (Lipinski definition) is 1. The first-order valence-corrected chi connectivity index (χ1v) is 5.19. The molecule has 0 bridgehead atoms. The normalized spacial score (nSPS) is 10.8. The summed E-state index contributed by atoms with van der Waals surface area (Å²) in [7, 11) is 0. The third-order valence-electron chi connectivity index (χ3n) is 2.44. The van der Waals surface area contributed by atoms with Crippen molar-refractivity contribution in [1.82, 2.24) is 0 Å². The van der Waals surface area contributed by atoms with Crippen molar-refractivity contribution in [2.24, 2.45) is 5.16 Å². The highest BCUT2D eigenvalue weighted by atomic mass is 16.4. The van der Waals surface area contributed by atoms with Gasteiger partial charge in [0, 0.05) is 0 Å². The molecule has 1 N–H and O–H groups in total. The lowest BCUT2D eigenvalue weighted by Gasteiger charge is -2.01. The molecule has 0 saturated carbocycles. The summed E-state index contributed by atoms with van der Waals surface area (Å²) in [6.07, 6.45) is 2.35. The summed E-state index contributed by atoms with van der Waals surface area (Å²) in [4.78, 5) is 0. The van der Waals surface area contributed by atoms with Crippen LogP contribution in [-0.4, -0.2) is 11.4 Å². The summed E-state index contributed by atoms with van der Waals surface area (Å²) in [5.41, 5.74) is 3.45. The number of hydrogen-bond acceptors (Lipinski definition) is 2. The van der Waals surface area contributed by atoms with E-state index in [0.29, 0.717) is 0 Å². The molecule has 0 unspecified atom stereocenters. The van der Waals surface area contributed by atoms with Crippen LogP contribution in [0.3, 0.4) is 0 Å². The van der Waals surface area contributed by atoms with Crippen molar-refractivity contribution in [3.05, 3.63) is 71.3 Å². The summed E-state index contributed by atoms with van der Waals surface area (Å²) in [6, 6.07) is 18.3. The lowest BCUT2D eigenvalue weighted by molar-refractivity contribution is 0.322. The van der Waals surface area contributed by atoms with Gasteiger partial charge in [0.15, 0.2) is 0 Å². The minimum Gasteiger partial charge on any atom is -0.411 e. The van der Waals surface area contributed by atoms with Crippen LogP contribution in [0.1, 0.15) is 16.7 Å². The fourth-order valence-electron chi connectivity index (χ4n) is 1.62. The van der Waals surface area contributed by atoms with Crippen LogP contribution in [0.15, 0.2) is 59.8 Å². The van der Waals surface area contributed by atoms with Crippen molar-refractivity contribution < 1.29 is 5.21 Å². The van der Waals surface area contributed by atoms with Crippen LogP contribution in [0.25, 0.3) is 0 Å². The highest BCUT2D eigenvalue weighted by Crippen LogP contribution is 2.09. The molecule has 0 spiro atoms. The van der Waals surface area contributed by atoms with Gasteiger partial charge in [-0.15, -0.1) is 0 Å². The fourth-order valence-corrected chi connectivity index (χ4v) is 1.62. The Kier molecular flexibility index (Phi) is 3.34. The molecule has 2 nitrogen and oxygen atoms in total. The second-order valence-electron chi connectivity index (χ2n) is 3.65. The molecule has 0 aliphatic rings. The van der Waals surface area contributed by atoms with Crippen molar-refractivity contribution in [1.29, 1.82) is 0 Å². The molecule has 0 amide bonds. The van der Waals surface area contributed by atoms with E-state index >= 15 is 0 Å². The molecular formula is C14H13NO. The molecule has 0 radical (unpaired) electrons. The van der Waals surface area contributed by atoms with Gasteiger partial charge in [0.1, 0.15) is 0 Å². The quantitative estimate of drug-likeness (QED) is 0.472. The summed E-state index contributed by atoms with van der Waals surface area (Å²) < 4.78 is 0. The largest absolute Gasteiger partial charge is 0.411 e. The van der Waals surface area contributed by atoms with Gasteiger partial charge in [-0.2, -0.15) is 0 Å². The molecule has 0 aliphatic heterocycles. The molecule has 2 aromatic rings. The second-order valence-corrected chi connectivity index (χ2v) is 3.65. The minimum atomic E-state index is 0.902. The van der Waals surface area contributed by atoms with E-state index in [2.05, 4.69) is 17.3 Å². The Hall–Kier alpha value is -2.09. The van der Waals surface area contributed by atoms with Gasteiger partial charge < -0.3 is 5.21 Å². The highest BCUT2D eigenvalue weighted by molar-refractivity contribution is 5.78. The molecule has 0 aromatic heterocycles. The van der Waals surface area contributed by atoms with Gasteiger partial charge in [-0.05, 0) is 23.1 Å². The maximum absolute atomic E-state index is 8.39. The molecule has 16 heavy (non-hydrogen) atoms. The van der Waals surface area contributed by atoms with Gasteiger partial charge in [-0.3, -0.25) is 0 Å². The van der Waals surface area contributed by atoms with Gasteiger partial charge in [0.25, 0.3) is 0 Å². The predicted molar refractivity (Wildman–Crippen MR) is 65.1 cm³/mol. The highest BCUT2D eigenvalue weighted by Gasteiger charge is 1.95. The van der Waals surface area contributed by atoms with Gasteiger partial charge in [-0.25, -0.2) is 0 Å². The zero-order valence-electron chi connectivity index (χ0n) is 8.88. The third kappa shape index (κ3) is 2.70. The van der Waals surface area contributed by atoms with E-state index in [1.165, 1.54) is 17.3 Å². The molecule has 2 rings (SSSR count). The molecule has 2 aromatic carbocycles. The Morgan fingerprint density at radius 3 is 2.12 bits per heavy atom. The van der Waals surface area contributed by atoms with Gasteiger partial charge >= 0.3 is 0 Å². The van der Waals surface area contributed by atoms with Crippen LogP contribution >= 0.6 is 0 Å². The molecule has 0 heterocycles. The number of nitrogens with zero attached hydrogens (tertiary/aromatic N) is 1. The van der Waals surface area contributed by atoms with E-state index in [4.69, 9.17) is 5.21 Å². The Morgan fingerprint density at radius 2 is 1.50 bits per heavy atom. The average molecular weight is 211 g/mol. The Balaban J connectivity index is 2.11. The summed E-state index contributed by atoms with van der Waals surface area (Å²) in [5, 5.41) is 11.4. The van der Waals surface area contributed by atoms with Crippen LogP contribution in [0, 0.1) is 0 Å². The fraction of sp³-hybridized carbons (Fsp3) is 0.0714. The third-order valence-corrected chi connectivity index (χ3v) is 2.44. The Labute approximate surface area is 94.9 Å². The van der Waals surface area contributed by atoms with Crippen molar-refractivity contribution in [2.75, 3.05) is 0 Å². The summed E-state index contributed by atoms with van der Waals surface area (Å²) in [6.45, 7) is 0. The van der Waals surface area contributed by atoms with Crippen LogP contribution in [0.5, 0.6) is 0 Å². The predicted octanol–water partition coefficient (Wildman–Crippen LogP) is 3.09. The smallest absolute Gasteiger partial charge is 0.0733 e. The van der Waals surface area contributed by atoms with E-state index in [-0.39, 0.29) is 0 Å². The van der Waals surface area contributed by atoms with E-state index in [1.807, 2.05) is 42.5 Å². The molecule has 2 heteroatoms. The lowest BCUT2D eigenvalue weighted by Crippen LogP contribution is -1.88. The van der Waals surface area contributed by atoms with E-state index in [0.717, 1.165) is 12.0 Å². The van der Waals surface area contributed by atoms with Crippen LogP contribution < -0.4 is 0 Å². The van der Waals surface area contributed by atoms with Crippen LogP contribution in [0.2, 0.25) is 0 Å².